The molecule has 0 saturated heterocycles. The number of rotatable bonds is 8. The minimum atomic E-state index is 0. The summed E-state index contributed by atoms with van der Waals surface area (Å²) in [4.78, 5) is 4.49. The van der Waals surface area contributed by atoms with Crippen LogP contribution in [-0.2, 0) is 0 Å². The number of nitrogens with zero attached hydrogens (tertiary/aromatic N) is 1. The maximum Gasteiger partial charge on any atom is 0.191 e. The zero-order valence-corrected chi connectivity index (χ0v) is 14.7. The van der Waals surface area contributed by atoms with Crippen LogP contribution in [0.1, 0.15) is 26.7 Å². The lowest BCUT2D eigenvalue weighted by Gasteiger charge is -2.12. The van der Waals surface area contributed by atoms with E-state index in [1.165, 1.54) is 6.42 Å². The topological polar surface area (TPSA) is 45.7 Å². The first-order valence-electron chi connectivity index (χ1n) is 7.06. The zero-order chi connectivity index (χ0) is 13.8. The van der Waals surface area contributed by atoms with E-state index in [0.717, 1.165) is 37.8 Å². The Kier molecular flexibility index (Phi) is 12.4. The predicted molar refractivity (Wildman–Crippen MR) is 96.2 cm³/mol. The van der Waals surface area contributed by atoms with Crippen LogP contribution in [0.2, 0.25) is 0 Å². The van der Waals surface area contributed by atoms with Crippen LogP contribution in [0.5, 0.6) is 5.75 Å². The number of hydrogen-bond acceptors (Lipinski definition) is 2. The normalized spacial score (nSPS) is 10.6. The Morgan fingerprint density at radius 3 is 2.55 bits per heavy atom. The van der Waals surface area contributed by atoms with Gasteiger partial charge in [-0.1, -0.05) is 31.5 Å². The van der Waals surface area contributed by atoms with E-state index in [-0.39, 0.29) is 24.0 Å². The van der Waals surface area contributed by atoms with Crippen molar-refractivity contribution in [3.05, 3.63) is 30.3 Å². The van der Waals surface area contributed by atoms with Gasteiger partial charge in [0, 0.05) is 13.1 Å². The molecule has 0 heterocycles. The molecule has 0 radical (unpaired) electrons. The highest BCUT2D eigenvalue weighted by Gasteiger charge is 1.96. The van der Waals surface area contributed by atoms with Crippen molar-refractivity contribution < 1.29 is 4.74 Å². The predicted octanol–water partition coefficient (Wildman–Crippen LogP) is 3.04. The van der Waals surface area contributed by atoms with Crippen LogP contribution in [0.4, 0.5) is 0 Å². The summed E-state index contributed by atoms with van der Waals surface area (Å²) in [6.07, 6.45) is 2.29. The third-order valence-electron chi connectivity index (χ3n) is 2.53. The lowest BCUT2D eigenvalue weighted by atomic mass is 10.3. The third-order valence-corrected chi connectivity index (χ3v) is 2.53. The molecule has 0 atom stereocenters. The number of unbranched alkanes of at least 4 members (excludes halogenated alkanes) is 1. The number of aliphatic imine (C=N–C) groups is 1. The number of hydrogen-bond donors (Lipinski definition) is 2. The van der Waals surface area contributed by atoms with E-state index in [4.69, 9.17) is 4.74 Å². The summed E-state index contributed by atoms with van der Waals surface area (Å²) in [5.41, 5.74) is 0. The summed E-state index contributed by atoms with van der Waals surface area (Å²) in [6.45, 7) is 7.35. The van der Waals surface area contributed by atoms with E-state index in [1.807, 2.05) is 30.3 Å². The number of halogens is 1. The first-order chi connectivity index (χ1) is 9.36. The first kappa shape index (κ1) is 19.0. The van der Waals surface area contributed by atoms with E-state index >= 15 is 0 Å². The zero-order valence-electron chi connectivity index (χ0n) is 12.4. The monoisotopic (exact) mass is 391 g/mol. The number of guanidine groups is 1. The Morgan fingerprint density at radius 1 is 1.15 bits per heavy atom. The van der Waals surface area contributed by atoms with Crippen molar-refractivity contribution in [2.24, 2.45) is 4.99 Å². The van der Waals surface area contributed by atoms with Crippen LogP contribution in [0.25, 0.3) is 0 Å². The van der Waals surface area contributed by atoms with Crippen molar-refractivity contribution in [1.29, 1.82) is 0 Å². The van der Waals surface area contributed by atoms with Crippen LogP contribution in [0.15, 0.2) is 35.3 Å². The van der Waals surface area contributed by atoms with Gasteiger partial charge >= 0.3 is 0 Å². The van der Waals surface area contributed by atoms with E-state index in [9.17, 15) is 0 Å². The lowest BCUT2D eigenvalue weighted by Crippen LogP contribution is -2.39. The molecule has 0 aliphatic heterocycles. The molecule has 0 unspecified atom stereocenters. The quantitative estimate of drug-likeness (QED) is 0.310. The standard InChI is InChI=1S/C15H25N3O.HI/c1-3-5-11-17-15(16-4-2)18-12-13-19-14-9-7-6-8-10-14;/h6-10H,3-5,11-13H2,1-2H3,(H2,16,17,18);1H. The van der Waals surface area contributed by atoms with Crippen LogP contribution < -0.4 is 15.4 Å². The van der Waals surface area contributed by atoms with Crippen molar-refractivity contribution >= 4 is 29.9 Å². The molecule has 0 aliphatic carbocycles. The molecule has 0 aliphatic rings. The van der Waals surface area contributed by atoms with E-state index in [0.29, 0.717) is 6.61 Å². The molecule has 5 heteroatoms. The molecular formula is C15H26IN3O. The number of para-hydroxylation sites is 1. The lowest BCUT2D eigenvalue weighted by molar-refractivity contribution is 0.322. The fourth-order valence-corrected chi connectivity index (χ4v) is 1.55. The molecule has 0 fully saturated rings. The van der Waals surface area contributed by atoms with Gasteiger partial charge in [0.2, 0.25) is 0 Å². The summed E-state index contributed by atoms with van der Waals surface area (Å²) in [7, 11) is 0. The van der Waals surface area contributed by atoms with Crippen LogP contribution in [-0.4, -0.2) is 32.2 Å². The van der Waals surface area contributed by atoms with Crippen molar-refractivity contribution in [3.8, 4) is 5.75 Å². The fraction of sp³-hybridized carbons (Fsp3) is 0.533. The SMILES string of the molecule is CCCCN=C(NCC)NCCOc1ccccc1.I. The Hall–Kier alpha value is -0.980. The van der Waals surface area contributed by atoms with Gasteiger partial charge in [-0.05, 0) is 25.5 Å². The van der Waals surface area contributed by atoms with E-state index < -0.39 is 0 Å². The second-order valence-corrected chi connectivity index (χ2v) is 4.20. The van der Waals surface area contributed by atoms with Gasteiger partial charge in [-0.25, -0.2) is 0 Å². The van der Waals surface area contributed by atoms with Gasteiger partial charge in [0.15, 0.2) is 5.96 Å². The molecule has 4 nitrogen and oxygen atoms in total. The Balaban J connectivity index is 0.00000361. The molecule has 1 rings (SSSR count). The van der Waals surface area contributed by atoms with Gasteiger partial charge in [-0.15, -0.1) is 24.0 Å². The van der Waals surface area contributed by atoms with Gasteiger partial charge in [-0.2, -0.15) is 0 Å². The fourth-order valence-electron chi connectivity index (χ4n) is 1.55. The number of ether oxygens (including phenoxy) is 1. The summed E-state index contributed by atoms with van der Waals surface area (Å²) in [5, 5.41) is 6.49. The average Bonchev–Trinajstić information content (AvgIpc) is 2.45. The van der Waals surface area contributed by atoms with Crippen LogP contribution in [0.3, 0.4) is 0 Å². The molecule has 0 amide bonds. The van der Waals surface area contributed by atoms with Crippen LogP contribution >= 0.6 is 24.0 Å². The summed E-state index contributed by atoms with van der Waals surface area (Å²) in [5.74, 6) is 1.77. The van der Waals surface area contributed by atoms with Crippen molar-refractivity contribution in [2.45, 2.75) is 26.7 Å². The maximum atomic E-state index is 5.61. The van der Waals surface area contributed by atoms with E-state index in [2.05, 4.69) is 29.5 Å². The second kappa shape index (κ2) is 13.0. The molecule has 1 aromatic carbocycles. The highest BCUT2D eigenvalue weighted by molar-refractivity contribution is 14.0. The molecule has 0 bridgehead atoms. The van der Waals surface area contributed by atoms with Crippen molar-refractivity contribution in [3.63, 3.8) is 0 Å². The molecule has 1 aromatic rings. The smallest absolute Gasteiger partial charge is 0.191 e. The third kappa shape index (κ3) is 9.01. The van der Waals surface area contributed by atoms with Gasteiger partial charge in [0.25, 0.3) is 0 Å². The Morgan fingerprint density at radius 2 is 1.90 bits per heavy atom. The van der Waals surface area contributed by atoms with Crippen molar-refractivity contribution in [2.75, 3.05) is 26.2 Å². The highest BCUT2D eigenvalue weighted by Crippen LogP contribution is 2.07. The number of nitrogens with one attached hydrogen (secondary N) is 2. The Bertz CT molecular complexity index is 357. The average molecular weight is 391 g/mol. The largest absolute Gasteiger partial charge is 0.492 e. The van der Waals surface area contributed by atoms with Gasteiger partial charge in [-0.3, -0.25) is 4.99 Å². The minimum absolute atomic E-state index is 0. The molecule has 0 saturated carbocycles. The summed E-state index contributed by atoms with van der Waals surface area (Å²) in [6, 6.07) is 9.84. The summed E-state index contributed by atoms with van der Waals surface area (Å²) < 4.78 is 5.61. The highest BCUT2D eigenvalue weighted by atomic mass is 127. The minimum Gasteiger partial charge on any atom is -0.492 e. The number of benzene rings is 1. The molecule has 0 spiro atoms. The summed E-state index contributed by atoms with van der Waals surface area (Å²) >= 11 is 0. The van der Waals surface area contributed by atoms with Crippen LogP contribution in [0, 0.1) is 0 Å². The van der Waals surface area contributed by atoms with Gasteiger partial charge in [0.1, 0.15) is 12.4 Å². The Labute approximate surface area is 139 Å². The molecular weight excluding hydrogens is 365 g/mol. The van der Waals surface area contributed by atoms with E-state index in [1.54, 1.807) is 0 Å². The molecule has 20 heavy (non-hydrogen) atoms. The van der Waals surface area contributed by atoms with Gasteiger partial charge in [0.05, 0.1) is 6.54 Å². The second-order valence-electron chi connectivity index (χ2n) is 4.20. The van der Waals surface area contributed by atoms with Crippen molar-refractivity contribution in [1.82, 2.24) is 10.6 Å². The maximum absolute atomic E-state index is 5.61. The molecule has 2 N–H and O–H groups in total. The van der Waals surface area contributed by atoms with Gasteiger partial charge < -0.3 is 15.4 Å². The molecule has 0 aromatic heterocycles. The first-order valence-corrected chi connectivity index (χ1v) is 7.06. The molecule has 114 valence electrons.